The second-order valence-electron chi connectivity index (χ2n) is 4.03. The highest BCUT2D eigenvalue weighted by Crippen LogP contribution is 2.24. The molecular formula is C13H10BrFN4O2. The summed E-state index contributed by atoms with van der Waals surface area (Å²) in [4.78, 5) is 15.6. The summed E-state index contributed by atoms with van der Waals surface area (Å²) in [5.41, 5.74) is 6.50. The maximum absolute atomic E-state index is 13.0. The molecule has 21 heavy (non-hydrogen) atoms. The van der Waals surface area contributed by atoms with Crippen molar-refractivity contribution in [3.05, 3.63) is 58.1 Å². The minimum atomic E-state index is -0.594. The number of pyridine rings is 1. The fourth-order valence-corrected chi connectivity index (χ4v) is 2.04. The van der Waals surface area contributed by atoms with E-state index < -0.39 is 11.7 Å². The Balaban J connectivity index is 2.22. The van der Waals surface area contributed by atoms with E-state index in [9.17, 15) is 9.18 Å². The Morgan fingerprint density at radius 2 is 2.10 bits per heavy atom. The molecule has 6 nitrogen and oxygen atoms in total. The highest BCUT2D eigenvalue weighted by atomic mass is 79.9. The smallest absolute Gasteiger partial charge is 0.257 e. The van der Waals surface area contributed by atoms with E-state index in [1.165, 1.54) is 6.20 Å². The molecule has 0 bridgehead atoms. The van der Waals surface area contributed by atoms with Crippen molar-refractivity contribution >= 4 is 33.4 Å². The quantitative estimate of drug-likeness (QED) is 0.341. The third-order valence-electron chi connectivity index (χ3n) is 2.59. The van der Waals surface area contributed by atoms with Gasteiger partial charge in [-0.25, -0.2) is 4.39 Å². The van der Waals surface area contributed by atoms with Crippen molar-refractivity contribution in [3.8, 4) is 0 Å². The van der Waals surface area contributed by atoms with Crippen molar-refractivity contribution in [3.63, 3.8) is 0 Å². The molecular weight excluding hydrogens is 343 g/mol. The topological polar surface area (TPSA) is 101 Å². The Morgan fingerprint density at radius 3 is 2.71 bits per heavy atom. The maximum Gasteiger partial charge on any atom is 0.257 e. The van der Waals surface area contributed by atoms with Gasteiger partial charge in [0.1, 0.15) is 5.82 Å². The molecule has 1 amide bonds. The van der Waals surface area contributed by atoms with E-state index in [2.05, 4.69) is 31.4 Å². The number of hydrogen-bond acceptors (Lipinski definition) is 4. The minimum Gasteiger partial charge on any atom is -0.409 e. The Morgan fingerprint density at radius 1 is 1.33 bits per heavy atom. The number of hydrogen-bond donors (Lipinski definition) is 3. The van der Waals surface area contributed by atoms with Crippen LogP contribution in [0.3, 0.4) is 0 Å². The van der Waals surface area contributed by atoms with E-state index in [1.54, 1.807) is 18.2 Å². The molecule has 0 aliphatic carbocycles. The normalized spacial score (nSPS) is 11.2. The van der Waals surface area contributed by atoms with Crippen LogP contribution in [-0.2, 0) is 0 Å². The van der Waals surface area contributed by atoms with Gasteiger partial charge in [0.2, 0.25) is 0 Å². The summed E-state index contributed by atoms with van der Waals surface area (Å²) >= 11 is 3.26. The standard InChI is InChI=1S/C13H10BrFN4O2/c14-10-4-7(12(16)19-21)1-2-11(10)18-13(20)8-3-9(15)6-17-5-8/h1-6,21H,(H2,16,19)(H,18,20). The van der Waals surface area contributed by atoms with E-state index in [1.807, 2.05) is 0 Å². The van der Waals surface area contributed by atoms with Crippen LogP contribution < -0.4 is 11.1 Å². The van der Waals surface area contributed by atoms with Gasteiger partial charge in [0, 0.05) is 16.2 Å². The molecule has 2 rings (SSSR count). The van der Waals surface area contributed by atoms with Crippen LogP contribution in [0.2, 0.25) is 0 Å². The van der Waals surface area contributed by atoms with Gasteiger partial charge < -0.3 is 16.3 Å². The first-order chi connectivity index (χ1) is 10.0. The first-order valence-electron chi connectivity index (χ1n) is 5.70. The van der Waals surface area contributed by atoms with Crippen molar-refractivity contribution in [2.45, 2.75) is 0 Å². The Hall–Kier alpha value is -2.48. The van der Waals surface area contributed by atoms with Gasteiger partial charge in [0.25, 0.3) is 5.91 Å². The molecule has 0 radical (unpaired) electrons. The van der Waals surface area contributed by atoms with Crippen LogP contribution in [0, 0.1) is 5.82 Å². The number of nitrogens with one attached hydrogen (secondary N) is 1. The Bertz CT molecular complexity index is 721. The summed E-state index contributed by atoms with van der Waals surface area (Å²) in [5, 5.41) is 14.1. The average Bonchev–Trinajstić information content (AvgIpc) is 2.48. The van der Waals surface area contributed by atoms with E-state index in [0.717, 1.165) is 12.3 Å². The molecule has 0 fully saturated rings. The molecule has 0 saturated carbocycles. The average molecular weight is 353 g/mol. The largest absolute Gasteiger partial charge is 0.409 e. The second kappa shape index (κ2) is 6.31. The first-order valence-corrected chi connectivity index (χ1v) is 6.50. The van der Waals surface area contributed by atoms with Crippen LogP contribution >= 0.6 is 15.9 Å². The van der Waals surface area contributed by atoms with Gasteiger partial charge in [0.05, 0.1) is 17.4 Å². The van der Waals surface area contributed by atoms with Gasteiger partial charge in [-0.1, -0.05) is 5.16 Å². The summed E-state index contributed by atoms with van der Waals surface area (Å²) in [5.74, 6) is -1.15. The number of carbonyl (C=O) groups excluding carboxylic acids is 1. The SMILES string of the molecule is N/C(=N/O)c1ccc(NC(=O)c2cncc(F)c2)c(Br)c1. The van der Waals surface area contributed by atoms with Gasteiger partial charge in [-0.2, -0.15) is 0 Å². The fourth-order valence-electron chi connectivity index (χ4n) is 1.56. The van der Waals surface area contributed by atoms with Crippen molar-refractivity contribution in [2.24, 2.45) is 10.9 Å². The molecule has 108 valence electrons. The van der Waals surface area contributed by atoms with E-state index in [-0.39, 0.29) is 11.4 Å². The number of carbonyl (C=O) groups is 1. The molecule has 0 spiro atoms. The molecule has 1 aromatic carbocycles. The van der Waals surface area contributed by atoms with Crippen LogP contribution in [0.4, 0.5) is 10.1 Å². The number of nitrogens with two attached hydrogens (primary N) is 1. The summed E-state index contributed by atoms with van der Waals surface area (Å²) in [6.07, 6.45) is 2.27. The predicted molar refractivity (Wildman–Crippen MR) is 78.8 cm³/mol. The van der Waals surface area contributed by atoms with Gasteiger partial charge in [0.15, 0.2) is 5.84 Å². The Kier molecular flexibility index (Phi) is 4.49. The molecule has 0 aliphatic heterocycles. The monoisotopic (exact) mass is 352 g/mol. The van der Waals surface area contributed by atoms with Gasteiger partial charge >= 0.3 is 0 Å². The number of benzene rings is 1. The number of anilines is 1. The Labute approximate surface area is 127 Å². The van der Waals surface area contributed by atoms with E-state index >= 15 is 0 Å². The third kappa shape index (κ3) is 3.54. The first kappa shape index (κ1) is 14.9. The lowest BCUT2D eigenvalue weighted by molar-refractivity contribution is 0.102. The zero-order valence-corrected chi connectivity index (χ0v) is 12.1. The third-order valence-corrected chi connectivity index (χ3v) is 3.24. The van der Waals surface area contributed by atoms with Crippen molar-refractivity contribution in [1.29, 1.82) is 0 Å². The highest BCUT2D eigenvalue weighted by Gasteiger charge is 2.11. The molecule has 4 N–H and O–H groups in total. The number of rotatable bonds is 3. The van der Waals surface area contributed by atoms with Crippen LogP contribution in [0.15, 0.2) is 46.3 Å². The fraction of sp³-hybridized carbons (Fsp3) is 0. The number of amides is 1. The molecule has 1 heterocycles. The lowest BCUT2D eigenvalue weighted by Crippen LogP contribution is -2.15. The molecule has 1 aromatic heterocycles. The van der Waals surface area contributed by atoms with Crippen LogP contribution in [0.5, 0.6) is 0 Å². The summed E-state index contributed by atoms with van der Waals surface area (Å²) in [6, 6.07) is 5.80. The number of nitrogens with zero attached hydrogens (tertiary/aromatic N) is 2. The maximum atomic E-state index is 13.0. The lowest BCUT2D eigenvalue weighted by atomic mass is 10.2. The van der Waals surface area contributed by atoms with Crippen LogP contribution in [-0.4, -0.2) is 21.9 Å². The van der Waals surface area contributed by atoms with Crippen LogP contribution in [0.1, 0.15) is 15.9 Å². The lowest BCUT2D eigenvalue weighted by Gasteiger charge is -2.09. The summed E-state index contributed by atoms with van der Waals surface area (Å²) < 4.78 is 13.6. The molecule has 8 heteroatoms. The molecule has 0 atom stereocenters. The van der Waals surface area contributed by atoms with Crippen molar-refractivity contribution in [1.82, 2.24) is 4.98 Å². The van der Waals surface area contributed by atoms with Gasteiger partial charge in [-0.05, 0) is 40.2 Å². The molecule has 0 saturated heterocycles. The highest BCUT2D eigenvalue weighted by molar-refractivity contribution is 9.10. The summed E-state index contributed by atoms with van der Waals surface area (Å²) in [6.45, 7) is 0. The van der Waals surface area contributed by atoms with Gasteiger partial charge in [-0.3, -0.25) is 9.78 Å². The van der Waals surface area contributed by atoms with Gasteiger partial charge in [-0.15, -0.1) is 0 Å². The zero-order chi connectivity index (χ0) is 15.4. The van der Waals surface area contributed by atoms with E-state index in [0.29, 0.717) is 15.7 Å². The molecule has 0 aliphatic rings. The summed E-state index contributed by atoms with van der Waals surface area (Å²) in [7, 11) is 0. The molecule has 2 aromatic rings. The van der Waals surface area contributed by atoms with E-state index in [4.69, 9.17) is 10.9 Å². The van der Waals surface area contributed by atoms with Crippen LogP contribution in [0.25, 0.3) is 0 Å². The minimum absolute atomic E-state index is 0.0529. The number of amidine groups is 1. The number of aromatic nitrogens is 1. The van der Waals surface area contributed by atoms with Crippen molar-refractivity contribution < 1.29 is 14.4 Å². The van der Waals surface area contributed by atoms with Crippen molar-refractivity contribution in [2.75, 3.05) is 5.32 Å². The number of halogens is 2. The molecule has 0 unspecified atom stereocenters. The zero-order valence-electron chi connectivity index (χ0n) is 10.5. The predicted octanol–water partition coefficient (Wildman–Crippen LogP) is 2.33. The second-order valence-corrected chi connectivity index (χ2v) is 4.88. The number of oxime groups is 1.